The minimum absolute atomic E-state index is 0.0340. The van der Waals surface area contributed by atoms with E-state index in [-0.39, 0.29) is 29.4 Å². The SMILES string of the molecule is CCn1c(=O)c(-c2ccc(OC)cc2)nc2cnc(N(Cc3ccc(Cl)c(Cl)c3)C(N)=O)nc21. The zero-order chi connectivity index (χ0) is 24.4. The summed E-state index contributed by atoms with van der Waals surface area (Å²) in [4.78, 5) is 39.9. The standard InChI is InChI=1S/C23H20Cl2N6O3/c1-3-30-20-18(28-19(21(30)32)14-5-7-15(34-2)8-6-14)11-27-23(29-20)31(22(26)33)12-13-4-9-16(24)17(25)10-13/h4-11H,3,12H2,1-2H3,(H2,26,33). The predicted molar refractivity (Wildman–Crippen MR) is 131 cm³/mol. The van der Waals surface area contributed by atoms with Gasteiger partial charge in [-0.3, -0.25) is 14.3 Å². The minimum atomic E-state index is -0.765. The van der Waals surface area contributed by atoms with Gasteiger partial charge in [-0.25, -0.2) is 14.8 Å². The molecule has 0 atom stereocenters. The third-order valence-corrected chi connectivity index (χ3v) is 5.92. The molecule has 34 heavy (non-hydrogen) atoms. The number of ether oxygens (including phenoxy) is 1. The summed E-state index contributed by atoms with van der Waals surface area (Å²) in [5.74, 6) is 0.702. The van der Waals surface area contributed by atoms with Crippen molar-refractivity contribution >= 4 is 46.3 Å². The van der Waals surface area contributed by atoms with Crippen LogP contribution in [0.15, 0.2) is 53.5 Å². The molecule has 4 rings (SSSR count). The molecule has 0 bridgehead atoms. The lowest BCUT2D eigenvalue weighted by molar-refractivity contribution is 0.253. The van der Waals surface area contributed by atoms with Gasteiger partial charge in [0.25, 0.3) is 5.56 Å². The fourth-order valence-corrected chi connectivity index (χ4v) is 3.78. The molecule has 2 amide bonds. The third kappa shape index (κ3) is 4.52. The number of nitrogens with two attached hydrogens (primary N) is 1. The number of carbonyl (C=O) groups excluding carboxylic acids is 1. The number of carbonyl (C=O) groups is 1. The quantitative estimate of drug-likeness (QED) is 0.424. The van der Waals surface area contributed by atoms with Gasteiger partial charge in [-0.2, -0.15) is 4.98 Å². The summed E-state index contributed by atoms with van der Waals surface area (Å²) >= 11 is 12.1. The molecule has 174 valence electrons. The molecule has 2 aromatic carbocycles. The highest BCUT2D eigenvalue weighted by atomic mass is 35.5. The first-order chi connectivity index (χ1) is 16.3. The second-order valence-electron chi connectivity index (χ2n) is 7.29. The van der Waals surface area contributed by atoms with Crippen molar-refractivity contribution in [2.24, 2.45) is 5.73 Å². The molecular weight excluding hydrogens is 479 g/mol. The van der Waals surface area contributed by atoms with Gasteiger partial charge in [0.15, 0.2) is 5.65 Å². The Kier molecular flexibility index (Phi) is 6.67. The number of methoxy groups -OCH3 is 1. The zero-order valence-corrected chi connectivity index (χ0v) is 19.8. The summed E-state index contributed by atoms with van der Waals surface area (Å²) in [6, 6.07) is 11.2. The van der Waals surface area contributed by atoms with Crippen LogP contribution < -0.4 is 20.9 Å². The van der Waals surface area contributed by atoms with Crippen LogP contribution >= 0.6 is 23.2 Å². The van der Waals surface area contributed by atoms with Crippen molar-refractivity contribution in [2.75, 3.05) is 12.0 Å². The Balaban J connectivity index is 1.79. The summed E-state index contributed by atoms with van der Waals surface area (Å²) in [5.41, 5.74) is 7.55. The number of fused-ring (bicyclic) bond motifs is 1. The van der Waals surface area contributed by atoms with E-state index in [2.05, 4.69) is 15.0 Å². The number of primary amides is 1. The topological polar surface area (TPSA) is 116 Å². The molecule has 11 heteroatoms. The maximum Gasteiger partial charge on any atom is 0.321 e. The monoisotopic (exact) mass is 498 g/mol. The second-order valence-corrected chi connectivity index (χ2v) is 8.10. The van der Waals surface area contributed by atoms with Crippen LogP contribution in [0.2, 0.25) is 10.0 Å². The van der Waals surface area contributed by atoms with Gasteiger partial charge >= 0.3 is 6.03 Å². The number of aromatic nitrogens is 4. The number of aryl methyl sites for hydroxylation is 1. The Bertz CT molecular complexity index is 1440. The van der Waals surface area contributed by atoms with Crippen LogP contribution in [-0.4, -0.2) is 32.7 Å². The minimum Gasteiger partial charge on any atom is -0.497 e. The Morgan fingerprint density at radius 1 is 1.12 bits per heavy atom. The van der Waals surface area contributed by atoms with Crippen molar-refractivity contribution < 1.29 is 9.53 Å². The second kappa shape index (κ2) is 9.66. The summed E-state index contributed by atoms with van der Waals surface area (Å²) in [6.45, 7) is 2.22. The van der Waals surface area contributed by atoms with Crippen molar-refractivity contribution in [3.63, 3.8) is 0 Å². The van der Waals surface area contributed by atoms with Crippen molar-refractivity contribution in [1.29, 1.82) is 0 Å². The Hall–Kier alpha value is -3.69. The normalized spacial score (nSPS) is 10.9. The number of nitrogens with zero attached hydrogens (tertiary/aromatic N) is 5. The van der Waals surface area contributed by atoms with Gasteiger partial charge in [0.2, 0.25) is 5.95 Å². The van der Waals surface area contributed by atoms with E-state index in [4.69, 9.17) is 33.7 Å². The van der Waals surface area contributed by atoms with Crippen LogP contribution in [0.25, 0.3) is 22.4 Å². The zero-order valence-electron chi connectivity index (χ0n) is 18.3. The van der Waals surface area contributed by atoms with E-state index in [1.807, 2.05) is 6.92 Å². The first kappa shape index (κ1) is 23.5. The van der Waals surface area contributed by atoms with Gasteiger partial charge in [-0.1, -0.05) is 29.3 Å². The van der Waals surface area contributed by atoms with Gasteiger partial charge < -0.3 is 10.5 Å². The number of urea groups is 1. The molecule has 0 unspecified atom stereocenters. The number of halogens is 2. The Labute approximate surface area is 204 Å². The average molecular weight is 499 g/mol. The average Bonchev–Trinajstić information content (AvgIpc) is 2.84. The first-order valence-electron chi connectivity index (χ1n) is 10.2. The Morgan fingerprint density at radius 2 is 1.85 bits per heavy atom. The van der Waals surface area contributed by atoms with Gasteiger partial charge in [-0.05, 0) is 48.9 Å². The number of hydrogen-bond acceptors (Lipinski definition) is 6. The summed E-state index contributed by atoms with van der Waals surface area (Å²) in [6.07, 6.45) is 1.46. The number of anilines is 1. The Morgan fingerprint density at radius 3 is 2.47 bits per heavy atom. The molecule has 0 spiro atoms. The largest absolute Gasteiger partial charge is 0.497 e. The smallest absolute Gasteiger partial charge is 0.321 e. The molecule has 2 N–H and O–H groups in total. The van der Waals surface area contributed by atoms with Crippen molar-refractivity contribution in [3.05, 3.63) is 74.6 Å². The highest BCUT2D eigenvalue weighted by Crippen LogP contribution is 2.25. The lowest BCUT2D eigenvalue weighted by atomic mass is 10.1. The molecular formula is C23H20Cl2N6O3. The van der Waals surface area contributed by atoms with E-state index < -0.39 is 6.03 Å². The van der Waals surface area contributed by atoms with E-state index in [9.17, 15) is 9.59 Å². The molecule has 9 nitrogen and oxygen atoms in total. The third-order valence-electron chi connectivity index (χ3n) is 5.18. The number of hydrogen-bond donors (Lipinski definition) is 1. The van der Waals surface area contributed by atoms with Crippen LogP contribution in [-0.2, 0) is 13.1 Å². The van der Waals surface area contributed by atoms with Crippen LogP contribution in [0.3, 0.4) is 0 Å². The summed E-state index contributed by atoms with van der Waals surface area (Å²) < 4.78 is 6.66. The maximum atomic E-state index is 13.2. The van der Waals surface area contributed by atoms with Gasteiger partial charge in [-0.15, -0.1) is 0 Å². The van der Waals surface area contributed by atoms with E-state index in [0.717, 1.165) is 0 Å². The van der Waals surface area contributed by atoms with E-state index in [1.54, 1.807) is 49.6 Å². The highest BCUT2D eigenvalue weighted by molar-refractivity contribution is 6.42. The predicted octanol–water partition coefficient (Wildman–Crippen LogP) is 4.27. The summed E-state index contributed by atoms with van der Waals surface area (Å²) in [7, 11) is 1.57. The van der Waals surface area contributed by atoms with Crippen molar-refractivity contribution in [3.8, 4) is 17.0 Å². The van der Waals surface area contributed by atoms with E-state index in [0.29, 0.717) is 39.0 Å². The van der Waals surface area contributed by atoms with Crippen LogP contribution in [0.1, 0.15) is 12.5 Å². The van der Waals surface area contributed by atoms with Crippen LogP contribution in [0.4, 0.5) is 10.7 Å². The molecule has 0 fully saturated rings. The fraction of sp³-hybridized carbons (Fsp3) is 0.174. The van der Waals surface area contributed by atoms with Crippen LogP contribution in [0, 0.1) is 0 Å². The lowest BCUT2D eigenvalue weighted by Gasteiger charge is -2.19. The number of rotatable bonds is 6. The van der Waals surface area contributed by atoms with Crippen molar-refractivity contribution in [2.45, 2.75) is 20.0 Å². The molecule has 2 heterocycles. The van der Waals surface area contributed by atoms with E-state index >= 15 is 0 Å². The molecule has 0 saturated carbocycles. The molecule has 2 aromatic heterocycles. The van der Waals surface area contributed by atoms with Gasteiger partial charge in [0.05, 0.1) is 29.9 Å². The fourth-order valence-electron chi connectivity index (χ4n) is 3.46. The maximum absolute atomic E-state index is 13.2. The van der Waals surface area contributed by atoms with Crippen molar-refractivity contribution in [1.82, 2.24) is 19.5 Å². The highest BCUT2D eigenvalue weighted by Gasteiger charge is 2.20. The number of amides is 2. The van der Waals surface area contributed by atoms with Crippen LogP contribution in [0.5, 0.6) is 5.75 Å². The van der Waals surface area contributed by atoms with Gasteiger partial charge in [0, 0.05) is 12.1 Å². The number of benzene rings is 2. The summed E-state index contributed by atoms with van der Waals surface area (Å²) in [5, 5.41) is 0.738. The molecule has 0 aliphatic rings. The lowest BCUT2D eigenvalue weighted by Crippen LogP contribution is -2.36. The molecule has 0 aliphatic heterocycles. The molecule has 0 aliphatic carbocycles. The molecule has 0 saturated heterocycles. The molecule has 0 radical (unpaired) electrons. The first-order valence-corrected chi connectivity index (χ1v) is 11.0. The molecule has 4 aromatic rings. The van der Waals surface area contributed by atoms with E-state index in [1.165, 1.54) is 15.7 Å². The van der Waals surface area contributed by atoms with Gasteiger partial charge in [0.1, 0.15) is 17.0 Å².